The number of piperidine rings is 1. The number of carbonyl (C=O) groups is 1. The number of benzene rings is 1. The molecule has 0 radical (unpaired) electrons. The molecule has 1 aliphatic rings. The van der Waals surface area contributed by atoms with Crippen LogP contribution in [0, 0.1) is 0 Å². The molecule has 1 fully saturated rings. The zero-order valence-electron chi connectivity index (χ0n) is 24.4. The number of amides is 1. The zero-order valence-corrected chi connectivity index (χ0v) is 24.4. The Bertz CT molecular complexity index is 940. The van der Waals surface area contributed by atoms with Crippen LogP contribution in [0.1, 0.15) is 89.7 Å². The molecule has 9 heteroatoms. The lowest BCUT2D eigenvalue weighted by molar-refractivity contribution is 0.100. The van der Waals surface area contributed by atoms with Crippen molar-refractivity contribution in [3.8, 4) is 6.01 Å². The fourth-order valence-electron chi connectivity index (χ4n) is 3.97. The van der Waals surface area contributed by atoms with Crippen LogP contribution in [-0.4, -0.2) is 66.3 Å². The van der Waals surface area contributed by atoms with Crippen molar-refractivity contribution in [3.63, 3.8) is 0 Å². The van der Waals surface area contributed by atoms with Crippen molar-refractivity contribution in [2.24, 2.45) is 10.8 Å². The molecule has 3 rings (SSSR count). The number of ether oxygens (including phenoxy) is 1. The van der Waals surface area contributed by atoms with E-state index in [-0.39, 0.29) is 0 Å². The molecule has 0 aliphatic carbocycles. The third-order valence-electron chi connectivity index (χ3n) is 5.65. The van der Waals surface area contributed by atoms with Gasteiger partial charge in [0.1, 0.15) is 12.4 Å². The molecular weight excluding hydrogens is 478 g/mol. The maximum absolute atomic E-state index is 11.4. The summed E-state index contributed by atoms with van der Waals surface area (Å²) in [5, 5.41) is 4.30. The molecule has 1 aliphatic heterocycles. The molecule has 38 heavy (non-hydrogen) atoms. The molecule has 0 spiro atoms. The highest BCUT2D eigenvalue weighted by molar-refractivity contribution is 5.93. The molecule has 212 valence electrons. The lowest BCUT2D eigenvalue weighted by Crippen LogP contribution is -2.33. The van der Waals surface area contributed by atoms with Gasteiger partial charge in [0.2, 0.25) is 5.91 Å². The summed E-state index contributed by atoms with van der Waals surface area (Å²) in [5.74, 6) is 0.357. The Hall–Kier alpha value is -3.20. The summed E-state index contributed by atoms with van der Waals surface area (Å²) in [6.45, 7) is 17.8. The Morgan fingerprint density at radius 1 is 1.08 bits per heavy atom. The van der Waals surface area contributed by atoms with Crippen LogP contribution in [0.2, 0.25) is 0 Å². The molecule has 1 aromatic carbocycles. The highest BCUT2D eigenvalue weighted by atomic mass is 16.5. The van der Waals surface area contributed by atoms with E-state index in [0.29, 0.717) is 29.6 Å². The van der Waals surface area contributed by atoms with E-state index in [9.17, 15) is 4.79 Å². The molecule has 0 atom stereocenters. The largest absolute Gasteiger partial charge is 0.462 e. The van der Waals surface area contributed by atoms with E-state index in [1.807, 2.05) is 39.8 Å². The summed E-state index contributed by atoms with van der Waals surface area (Å²) in [7, 11) is 0. The second kappa shape index (κ2) is 19.9. The van der Waals surface area contributed by atoms with Crippen LogP contribution in [0.3, 0.4) is 0 Å². The van der Waals surface area contributed by atoms with Crippen LogP contribution in [0.15, 0.2) is 35.4 Å². The molecule has 2 aromatic rings. The minimum absolute atomic E-state index is 0.365. The predicted octanol–water partition coefficient (Wildman–Crippen LogP) is 5.57. The monoisotopic (exact) mass is 527 g/mol. The second-order valence-electron chi connectivity index (χ2n) is 8.49. The predicted molar refractivity (Wildman–Crippen MR) is 159 cm³/mol. The number of aromatic nitrogens is 2. The van der Waals surface area contributed by atoms with Gasteiger partial charge in [-0.25, -0.2) is 0 Å². The maximum atomic E-state index is 11.4. The van der Waals surface area contributed by atoms with Crippen LogP contribution in [0.25, 0.3) is 0 Å². The fourth-order valence-corrected chi connectivity index (χ4v) is 3.97. The van der Waals surface area contributed by atoms with Gasteiger partial charge in [0.05, 0.1) is 17.6 Å². The minimum Gasteiger partial charge on any atom is -0.462 e. The molecule has 1 aromatic heterocycles. The average Bonchev–Trinajstić information content (AvgIpc) is 2.96. The number of nitrogens with zero attached hydrogens (tertiary/aromatic N) is 5. The van der Waals surface area contributed by atoms with Crippen molar-refractivity contribution in [1.29, 1.82) is 0 Å². The summed E-state index contributed by atoms with van der Waals surface area (Å²) >= 11 is 0. The highest BCUT2D eigenvalue weighted by Crippen LogP contribution is 2.18. The molecule has 1 amide bonds. The number of anilines is 2. The topological polar surface area (TPSA) is 109 Å². The van der Waals surface area contributed by atoms with E-state index >= 15 is 0 Å². The van der Waals surface area contributed by atoms with Gasteiger partial charge in [-0.3, -0.25) is 15.1 Å². The number of hydrogen-bond donors (Lipinski definition) is 2. The first kappa shape index (κ1) is 32.8. The fraction of sp³-hybridized carbons (Fsp3) is 0.586. The van der Waals surface area contributed by atoms with Crippen molar-refractivity contribution in [2.75, 3.05) is 49.7 Å². The Morgan fingerprint density at radius 2 is 1.76 bits per heavy atom. The summed E-state index contributed by atoms with van der Waals surface area (Å²) in [5.41, 5.74) is 10.0. The van der Waals surface area contributed by atoms with Crippen LogP contribution in [0.5, 0.6) is 6.01 Å². The van der Waals surface area contributed by atoms with Crippen LogP contribution in [-0.2, 0) is 0 Å². The lowest BCUT2D eigenvalue weighted by Gasteiger charge is -2.26. The zero-order chi connectivity index (χ0) is 28.2. The first-order valence-electron chi connectivity index (χ1n) is 14.3. The van der Waals surface area contributed by atoms with Crippen molar-refractivity contribution in [2.45, 2.75) is 73.6 Å². The van der Waals surface area contributed by atoms with Crippen molar-refractivity contribution in [1.82, 2.24) is 14.9 Å². The number of carbonyl (C=O) groups excluding carboxylic acids is 1. The van der Waals surface area contributed by atoms with Crippen LogP contribution >= 0.6 is 0 Å². The van der Waals surface area contributed by atoms with Crippen LogP contribution < -0.4 is 20.8 Å². The van der Waals surface area contributed by atoms with Gasteiger partial charge < -0.3 is 15.4 Å². The summed E-state index contributed by atoms with van der Waals surface area (Å²) < 4.78 is 5.98. The molecule has 1 saturated heterocycles. The third kappa shape index (κ3) is 11.9. The lowest BCUT2D eigenvalue weighted by atomic mass is 10.1. The number of rotatable bonds is 13. The number of primary amides is 1. The van der Waals surface area contributed by atoms with E-state index in [2.05, 4.69) is 39.2 Å². The van der Waals surface area contributed by atoms with E-state index in [4.69, 9.17) is 15.5 Å². The number of nitrogens with two attached hydrogens (primary N) is 1. The molecule has 2 heterocycles. The summed E-state index contributed by atoms with van der Waals surface area (Å²) in [6.07, 6.45) is 7.51. The highest BCUT2D eigenvalue weighted by Gasteiger charge is 2.13. The van der Waals surface area contributed by atoms with Crippen molar-refractivity contribution >= 4 is 23.6 Å². The van der Waals surface area contributed by atoms with Gasteiger partial charge in [-0.15, -0.1) is 0 Å². The average molecular weight is 528 g/mol. The number of hydrogen-bond acceptors (Lipinski definition) is 8. The summed E-state index contributed by atoms with van der Waals surface area (Å²) in [6, 6.07) is 9.18. The molecule has 0 unspecified atom stereocenters. The Kier molecular flexibility index (Phi) is 17.1. The van der Waals surface area contributed by atoms with E-state index in [0.717, 1.165) is 51.4 Å². The number of hydrazone groups is 1. The molecule has 9 nitrogen and oxygen atoms in total. The van der Waals surface area contributed by atoms with E-state index < -0.39 is 5.91 Å². The Balaban J connectivity index is 0.00000172. The van der Waals surface area contributed by atoms with Gasteiger partial charge in [0.15, 0.2) is 0 Å². The van der Waals surface area contributed by atoms with Gasteiger partial charge in [0, 0.05) is 31.3 Å². The minimum atomic E-state index is -0.480. The first-order chi connectivity index (χ1) is 18.6. The van der Waals surface area contributed by atoms with Gasteiger partial charge in [0.25, 0.3) is 0 Å². The van der Waals surface area contributed by atoms with Gasteiger partial charge in [-0.1, -0.05) is 54.0 Å². The summed E-state index contributed by atoms with van der Waals surface area (Å²) in [4.78, 5) is 25.3. The first-order valence-corrected chi connectivity index (χ1v) is 14.3. The Morgan fingerprint density at radius 3 is 2.39 bits per heavy atom. The van der Waals surface area contributed by atoms with E-state index in [1.54, 1.807) is 24.4 Å². The van der Waals surface area contributed by atoms with Gasteiger partial charge in [-0.2, -0.15) is 15.1 Å². The quantitative estimate of drug-likeness (QED) is 0.259. The number of nitrogens with one attached hydrogen (secondary N) is 1. The normalized spacial score (nSPS) is 13.1. The third-order valence-corrected chi connectivity index (χ3v) is 5.65. The van der Waals surface area contributed by atoms with Crippen molar-refractivity contribution < 1.29 is 9.53 Å². The Labute approximate surface area is 229 Å². The number of likely N-dealkylation sites (tertiary alicyclic amines) is 1. The molecule has 3 N–H and O–H groups in total. The van der Waals surface area contributed by atoms with Crippen molar-refractivity contribution in [3.05, 3.63) is 41.6 Å². The molecule has 0 saturated carbocycles. The van der Waals surface area contributed by atoms with Crippen LogP contribution in [0.4, 0.5) is 11.5 Å². The second-order valence-corrected chi connectivity index (χ2v) is 8.49. The molecular formula is C29H49N7O2. The standard InChI is InChI=1S/C25H37N7O2.2C2H6/c1-3-11-32(12-4-2)23-18-22(19-27-30-21-10-8-9-20(17-21)24(26)33)28-25(29-23)34-16-15-31-13-6-5-7-14-31;2*1-2/h8-10,17-19,30H,3-7,11-16H2,1-2H3,(H2,26,33);2*1-2H3/b27-19+;;. The maximum Gasteiger partial charge on any atom is 0.319 e. The van der Waals surface area contributed by atoms with E-state index in [1.165, 1.54) is 19.3 Å². The molecule has 0 bridgehead atoms. The van der Waals surface area contributed by atoms with Gasteiger partial charge in [-0.05, 0) is 57.0 Å². The SMILES string of the molecule is CC.CC.CCCN(CCC)c1cc(/C=N/Nc2cccc(C(N)=O)c2)nc(OCCN2CCCCC2)n1. The smallest absolute Gasteiger partial charge is 0.319 e. The van der Waals surface area contributed by atoms with Gasteiger partial charge >= 0.3 is 6.01 Å².